The SMILES string of the molecule is [CH2-]N.[K+].[c-]1nn[nH]n1. The van der Waals surface area contributed by atoms with Crippen molar-refractivity contribution in [1.29, 1.82) is 0 Å². The maximum atomic E-state index is 4.25. The van der Waals surface area contributed by atoms with E-state index in [0.717, 1.165) is 0 Å². The Morgan fingerprint density at radius 2 is 2.12 bits per heavy atom. The van der Waals surface area contributed by atoms with Crippen LogP contribution in [0.4, 0.5) is 0 Å². The van der Waals surface area contributed by atoms with Crippen molar-refractivity contribution in [2.75, 3.05) is 0 Å². The fourth-order valence-electron chi connectivity index (χ4n) is 0.112. The topological polar surface area (TPSA) is 80.5 Å². The van der Waals surface area contributed by atoms with Crippen molar-refractivity contribution < 1.29 is 51.4 Å². The number of nitrogens with zero attached hydrogens (tertiary/aromatic N) is 3. The van der Waals surface area contributed by atoms with Crippen LogP contribution in [0.1, 0.15) is 0 Å². The van der Waals surface area contributed by atoms with Gasteiger partial charge < -0.3 is 15.9 Å². The largest absolute Gasteiger partial charge is 1.00 e. The van der Waals surface area contributed by atoms with Gasteiger partial charge in [0.2, 0.25) is 0 Å². The summed E-state index contributed by atoms with van der Waals surface area (Å²) in [5.74, 6) is 0. The van der Waals surface area contributed by atoms with E-state index in [0.29, 0.717) is 0 Å². The Bertz CT molecular complexity index is 66.9. The van der Waals surface area contributed by atoms with Crippen LogP contribution in [0.2, 0.25) is 0 Å². The fourth-order valence-corrected chi connectivity index (χ4v) is 0.112. The van der Waals surface area contributed by atoms with Crippen LogP contribution in [-0.2, 0) is 0 Å². The summed E-state index contributed by atoms with van der Waals surface area (Å²) < 4.78 is 0. The molecule has 1 aromatic heterocycles. The summed E-state index contributed by atoms with van der Waals surface area (Å²) in [5, 5.41) is 11.8. The Kier molecular flexibility index (Phi) is 15.2. The first kappa shape index (κ1) is 11.5. The molecule has 0 aliphatic rings. The normalized spacial score (nSPS) is 5.75. The van der Waals surface area contributed by atoms with Crippen molar-refractivity contribution in [3.05, 3.63) is 13.4 Å². The molecule has 0 spiro atoms. The molecule has 1 heterocycles. The van der Waals surface area contributed by atoms with Crippen LogP contribution in [0.25, 0.3) is 0 Å². The first-order valence-electron chi connectivity index (χ1n) is 1.50. The summed E-state index contributed by atoms with van der Waals surface area (Å²) >= 11 is 0. The van der Waals surface area contributed by atoms with Crippen molar-refractivity contribution in [3.63, 3.8) is 0 Å². The smallest absolute Gasteiger partial charge is 0.486 e. The molecule has 0 saturated heterocycles. The minimum Gasteiger partial charge on any atom is -0.486 e. The molecule has 0 aliphatic carbocycles. The van der Waals surface area contributed by atoms with Gasteiger partial charge in [0.25, 0.3) is 0 Å². The fraction of sp³-hybridized carbons (Fsp3) is 0. The van der Waals surface area contributed by atoms with Gasteiger partial charge in [0, 0.05) is 0 Å². The minimum atomic E-state index is 0. The predicted octanol–water partition coefficient (Wildman–Crippen LogP) is -4.26. The quantitative estimate of drug-likeness (QED) is 0.281. The third kappa shape index (κ3) is 6.67. The maximum Gasteiger partial charge on any atom is 1.00 e. The van der Waals surface area contributed by atoms with Gasteiger partial charge in [-0.05, 0) is 0 Å². The van der Waals surface area contributed by atoms with Crippen LogP contribution in [0.15, 0.2) is 0 Å². The number of hydrogen-bond donors (Lipinski definition) is 2. The van der Waals surface area contributed by atoms with E-state index < -0.39 is 0 Å². The second-order valence-electron chi connectivity index (χ2n) is 0.512. The van der Waals surface area contributed by atoms with E-state index in [1.54, 1.807) is 0 Å². The number of hydrogen-bond acceptors (Lipinski definition) is 4. The number of H-pyrrole nitrogens is 1. The molecule has 0 amide bonds. The Balaban J connectivity index is 0. The second kappa shape index (κ2) is 10.6. The van der Waals surface area contributed by atoms with E-state index >= 15 is 0 Å². The molecule has 0 bridgehead atoms. The van der Waals surface area contributed by atoms with Gasteiger partial charge in [0.15, 0.2) is 0 Å². The molecule has 0 saturated carbocycles. The van der Waals surface area contributed by atoms with Crippen molar-refractivity contribution in [2.45, 2.75) is 0 Å². The van der Waals surface area contributed by atoms with Crippen LogP contribution in [0.3, 0.4) is 0 Å². The minimum absolute atomic E-state index is 0. The number of aromatic nitrogens is 4. The molecule has 0 aromatic carbocycles. The summed E-state index contributed by atoms with van der Waals surface area (Å²) in [4.78, 5) is 0. The van der Waals surface area contributed by atoms with E-state index in [1.165, 1.54) is 0 Å². The number of rotatable bonds is 0. The average Bonchev–Trinajstić information content (AvgIpc) is 2.23. The van der Waals surface area contributed by atoms with Crippen molar-refractivity contribution in [1.82, 2.24) is 20.6 Å². The number of tetrazole rings is 1. The molecule has 40 valence electrons. The Morgan fingerprint density at radius 3 is 2.25 bits per heavy atom. The summed E-state index contributed by atoms with van der Waals surface area (Å²) in [6.45, 7) is 0. The third-order valence-electron chi connectivity index (χ3n) is 0.239. The maximum absolute atomic E-state index is 4.25. The molecule has 0 radical (unpaired) electrons. The van der Waals surface area contributed by atoms with Crippen molar-refractivity contribution >= 4 is 0 Å². The molecule has 6 heteroatoms. The molecule has 5 nitrogen and oxygen atoms in total. The zero-order valence-corrected chi connectivity index (χ0v) is 7.75. The van der Waals surface area contributed by atoms with Gasteiger partial charge in [-0.25, -0.2) is 11.5 Å². The molecule has 1 aromatic rings. The van der Waals surface area contributed by atoms with Gasteiger partial charge >= 0.3 is 51.4 Å². The standard InChI is InChI=1S/CHN4.CH4N.K/c1-2-4-5-3-1;1-2;/h(H,2,3,4,5);1-2H2;/q2*-1;+1. The monoisotopic (exact) mass is 138 g/mol. The van der Waals surface area contributed by atoms with E-state index in [1.807, 2.05) is 0 Å². The van der Waals surface area contributed by atoms with E-state index in [9.17, 15) is 0 Å². The van der Waals surface area contributed by atoms with Gasteiger partial charge in [-0.3, -0.25) is 7.05 Å². The predicted molar refractivity (Wildman–Crippen MR) is 22.6 cm³/mol. The van der Waals surface area contributed by atoms with Gasteiger partial charge in [-0.15, -0.1) is 0 Å². The number of nitrogens with one attached hydrogen (secondary N) is 1. The Hall–Kier alpha value is 0.666. The van der Waals surface area contributed by atoms with Crippen LogP contribution in [-0.4, -0.2) is 20.6 Å². The summed E-state index contributed by atoms with van der Waals surface area (Å²) in [5.41, 5.74) is 4.25. The molecule has 0 fully saturated rings. The van der Waals surface area contributed by atoms with Gasteiger partial charge in [0.1, 0.15) is 0 Å². The summed E-state index contributed by atoms with van der Waals surface area (Å²) in [6, 6.07) is 0. The molecule has 1 rings (SSSR count). The average molecular weight is 138 g/mol. The summed E-state index contributed by atoms with van der Waals surface area (Å²) in [7, 11) is 2.75. The van der Waals surface area contributed by atoms with Crippen LogP contribution in [0.5, 0.6) is 0 Å². The molecule has 0 atom stereocenters. The Morgan fingerprint density at radius 1 is 1.50 bits per heavy atom. The zero-order chi connectivity index (χ0) is 5.54. The third-order valence-corrected chi connectivity index (χ3v) is 0.239. The molecular formula is C2H5KN5-. The second-order valence-corrected chi connectivity index (χ2v) is 0.512. The van der Waals surface area contributed by atoms with Gasteiger partial charge in [-0.1, -0.05) is 5.21 Å². The molecular weight excluding hydrogens is 133 g/mol. The molecule has 8 heavy (non-hydrogen) atoms. The van der Waals surface area contributed by atoms with Crippen LogP contribution >= 0.6 is 0 Å². The van der Waals surface area contributed by atoms with Crippen molar-refractivity contribution in [3.8, 4) is 0 Å². The van der Waals surface area contributed by atoms with E-state index in [4.69, 9.17) is 0 Å². The van der Waals surface area contributed by atoms with E-state index in [-0.39, 0.29) is 51.4 Å². The first-order chi connectivity index (χ1) is 3.50. The van der Waals surface area contributed by atoms with Crippen molar-refractivity contribution in [2.24, 2.45) is 5.73 Å². The Labute approximate surface area is 89.8 Å². The summed E-state index contributed by atoms with van der Waals surface area (Å²) in [6.07, 6.45) is 2.19. The zero-order valence-electron chi connectivity index (χ0n) is 4.63. The first-order valence-corrected chi connectivity index (χ1v) is 1.50. The molecule has 0 unspecified atom stereocenters. The molecule has 3 N–H and O–H groups in total. The number of nitrogens with two attached hydrogens (primary N) is 1. The van der Waals surface area contributed by atoms with E-state index in [2.05, 4.69) is 39.7 Å². The number of aromatic amines is 1. The van der Waals surface area contributed by atoms with Gasteiger partial charge in [0.05, 0.1) is 0 Å². The van der Waals surface area contributed by atoms with Gasteiger partial charge in [-0.2, -0.15) is 0 Å². The van der Waals surface area contributed by atoms with Crippen LogP contribution < -0.4 is 57.1 Å². The molecule has 0 aliphatic heterocycles. The van der Waals surface area contributed by atoms with Crippen LogP contribution in [0, 0.1) is 13.4 Å².